The number of amides is 2. The summed E-state index contributed by atoms with van der Waals surface area (Å²) in [4.78, 5) is 27.3. The summed E-state index contributed by atoms with van der Waals surface area (Å²) >= 11 is 0. The van der Waals surface area contributed by atoms with E-state index in [9.17, 15) is 9.59 Å². The maximum Gasteiger partial charge on any atom is 0.239 e. The molecule has 2 aromatic carbocycles. The van der Waals surface area contributed by atoms with E-state index in [4.69, 9.17) is 0 Å². The van der Waals surface area contributed by atoms with Crippen molar-refractivity contribution in [1.29, 1.82) is 0 Å². The number of anilines is 1. The smallest absolute Gasteiger partial charge is 0.239 e. The van der Waals surface area contributed by atoms with Crippen molar-refractivity contribution in [2.75, 3.05) is 11.9 Å². The summed E-state index contributed by atoms with van der Waals surface area (Å²) in [6.45, 7) is 8.31. The highest BCUT2D eigenvalue weighted by atomic mass is 16.2. The van der Waals surface area contributed by atoms with E-state index in [1.165, 1.54) is 0 Å². The molecule has 1 N–H and O–H groups in total. The highest BCUT2D eigenvalue weighted by molar-refractivity contribution is 6.09. The highest BCUT2D eigenvalue weighted by Gasteiger charge is 2.38. The molecule has 0 saturated carbocycles. The van der Waals surface area contributed by atoms with Gasteiger partial charge in [0.05, 0.1) is 0 Å². The van der Waals surface area contributed by atoms with Gasteiger partial charge in [-0.2, -0.15) is 0 Å². The lowest BCUT2D eigenvalue weighted by atomic mass is 9.89. The van der Waals surface area contributed by atoms with E-state index in [0.29, 0.717) is 18.8 Å². The van der Waals surface area contributed by atoms with Gasteiger partial charge < -0.3 is 10.2 Å². The topological polar surface area (TPSA) is 49.4 Å². The molecule has 0 aliphatic carbocycles. The zero-order chi connectivity index (χ0) is 18.4. The standard InChI is InChI=1S/C21H26N2O2/c1-5-23(15-17-9-7-6-8-10-17)20(25)21(3,4)19(24)22-18-13-11-16(2)12-14-18/h6-14H,5,15H2,1-4H3,(H,22,24). The molecule has 0 heterocycles. The Bertz CT molecular complexity index is 721. The summed E-state index contributed by atoms with van der Waals surface area (Å²) in [7, 11) is 0. The molecule has 0 aromatic heterocycles. The molecule has 0 atom stereocenters. The van der Waals surface area contributed by atoms with Crippen molar-refractivity contribution in [2.45, 2.75) is 34.2 Å². The lowest BCUT2D eigenvalue weighted by Gasteiger charge is -2.30. The first-order valence-corrected chi connectivity index (χ1v) is 8.56. The average molecular weight is 338 g/mol. The van der Waals surface area contributed by atoms with Crippen molar-refractivity contribution in [3.63, 3.8) is 0 Å². The number of benzene rings is 2. The predicted molar refractivity (Wildman–Crippen MR) is 101 cm³/mol. The summed E-state index contributed by atoms with van der Waals surface area (Å²) in [6, 6.07) is 17.3. The Morgan fingerprint density at radius 1 is 1.00 bits per heavy atom. The fourth-order valence-corrected chi connectivity index (χ4v) is 2.55. The Labute approximate surface area is 149 Å². The van der Waals surface area contributed by atoms with Crippen LogP contribution >= 0.6 is 0 Å². The molecule has 0 aliphatic heterocycles. The van der Waals surface area contributed by atoms with Crippen LogP contribution < -0.4 is 5.32 Å². The van der Waals surface area contributed by atoms with Crippen molar-refractivity contribution in [1.82, 2.24) is 4.90 Å². The van der Waals surface area contributed by atoms with Crippen molar-refractivity contribution in [3.05, 3.63) is 65.7 Å². The molecule has 4 heteroatoms. The zero-order valence-electron chi connectivity index (χ0n) is 15.4. The average Bonchev–Trinajstić information content (AvgIpc) is 2.61. The van der Waals surface area contributed by atoms with Gasteiger partial charge in [0.15, 0.2) is 0 Å². The quantitative estimate of drug-likeness (QED) is 0.809. The van der Waals surface area contributed by atoms with Crippen LogP contribution in [0.15, 0.2) is 54.6 Å². The Balaban J connectivity index is 2.10. The van der Waals surface area contributed by atoms with Gasteiger partial charge in [-0.25, -0.2) is 0 Å². The molecule has 0 aliphatic rings. The van der Waals surface area contributed by atoms with Gasteiger partial charge in [-0.1, -0.05) is 48.0 Å². The molecular weight excluding hydrogens is 312 g/mol. The number of rotatable bonds is 6. The summed E-state index contributed by atoms with van der Waals surface area (Å²) in [5.74, 6) is -0.476. The van der Waals surface area contributed by atoms with Crippen molar-refractivity contribution < 1.29 is 9.59 Å². The van der Waals surface area contributed by atoms with E-state index < -0.39 is 5.41 Å². The molecule has 4 nitrogen and oxygen atoms in total. The SMILES string of the molecule is CCN(Cc1ccccc1)C(=O)C(C)(C)C(=O)Nc1ccc(C)cc1. The maximum absolute atomic E-state index is 13.0. The number of hydrogen-bond donors (Lipinski definition) is 1. The van der Waals surface area contributed by atoms with Crippen LogP contribution in [-0.2, 0) is 16.1 Å². The number of aryl methyl sites for hydroxylation is 1. The molecular formula is C21H26N2O2. The molecule has 0 radical (unpaired) electrons. The summed E-state index contributed by atoms with van der Waals surface area (Å²) in [5, 5.41) is 2.85. The summed E-state index contributed by atoms with van der Waals surface area (Å²) in [5.41, 5.74) is 1.72. The van der Waals surface area contributed by atoms with E-state index in [1.54, 1.807) is 18.7 Å². The summed E-state index contributed by atoms with van der Waals surface area (Å²) in [6.07, 6.45) is 0. The number of nitrogens with zero attached hydrogens (tertiary/aromatic N) is 1. The van der Waals surface area contributed by atoms with Gasteiger partial charge in [-0.05, 0) is 45.4 Å². The Kier molecular flexibility index (Phi) is 5.97. The monoisotopic (exact) mass is 338 g/mol. The van der Waals surface area contributed by atoms with E-state index in [2.05, 4.69) is 5.32 Å². The number of carbonyl (C=O) groups is 2. The summed E-state index contributed by atoms with van der Waals surface area (Å²) < 4.78 is 0. The van der Waals surface area contributed by atoms with E-state index in [0.717, 1.165) is 11.1 Å². The van der Waals surface area contributed by atoms with Crippen molar-refractivity contribution in [2.24, 2.45) is 5.41 Å². The molecule has 132 valence electrons. The van der Waals surface area contributed by atoms with E-state index in [-0.39, 0.29) is 11.8 Å². The van der Waals surface area contributed by atoms with Crippen molar-refractivity contribution >= 4 is 17.5 Å². The van der Waals surface area contributed by atoms with E-state index in [1.807, 2.05) is 68.4 Å². The molecule has 0 saturated heterocycles. The lowest BCUT2D eigenvalue weighted by molar-refractivity contribution is -0.146. The fourth-order valence-electron chi connectivity index (χ4n) is 2.55. The largest absolute Gasteiger partial charge is 0.338 e. The minimum Gasteiger partial charge on any atom is -0.338 e. The minimum absolute atomic E-state index is 0.177. The molecule has 2 rings (SSSR count). The fraction of sp³-hybridized carbons (Fsp3) is 0.333. The zero-order valence-corrected chi connectivity index (χ0v) is 15.4. The van der Waals surface area contributed by atoms with Crippen LogP contribution in [0, 0.1) is 12.3 Å². The van der Waals surface area contributed by atoms with Gasteiger partial charge in [0.2, 0.25) is 11.8 Å². The Morgan fingerprint density at radius 2 is 1.60 bits per heavy atom. The third-order valence-corrected chi connectivity index (χ3v) is 4.30. The molecule has 0 spiro atoms. The van der Waals surface area contributed by atoms with Gasteiger partial charge in [-0.15, -0.1) is 0 Å². The molecule has 0 fully saturated rings. The van der Waals surface area contributed by atoms with Gasteiger partial charge in [0, 0.05) is 18.8 Å². The molecule has 25 heavy (non-hydrogen) atoms. The first-order valence-electron chi connectivity index (χ1n) is 8.56. The first kappa shape index (κ1) is 18.7. The van der Waals surface area contributed by atoms with Crippen LogP contribution in [0.1, 0.15) is 31.9 Å². The second-order valence-corrected chi connectivity index (χ2v) is 6.75. The Morgan fingerprint density at radius 3 is 2.16 bits per heavy atom. The van der Waals surface area contributed by atoms with E-state index >= 15 is 0 Å². The highest BCUT2D eigenvalue weighted by Crippen LogP contribution is 2.23. The predicted octanol–water partition coefficient (Wildman–Crippen LogP) is 4.01. The third-order valence-electron chi connectivity index (χ3n) is 4.30. The van der Waals surface area contributed by atoms with Crippen LogP contribution in [0.3, 0.4) is 0 Å². The lowest BCUT2D eigenvalue weighted by Crippen LogP contribution is -2.47. The third kappa shape index (κ3) is 4.69. The number of nitrogens with one attached hydrogen (secondary N) is 1. The second-order valence-electron chi connectivity index (χ2n) is 6.75. The first-order chi connectivity index (χ1) is 11.8. The van der Waals surface area contributed by atoms with Crippen LogP contribution in [0.25, 0.3) is 0 Å². The van der Waals surface area contributed by atoms with Crippen LogP contribution in [-0.4, -0.2) is 23.3 Å². The minimum atomic E-state index is -1.14. The van der Waals surface area contributed by atoms with Crippen LogP contribution in [0.4, 0.5) is 5.69 Å². The molecule has 0 unspecified atom stereocenters. The van der Waals surface area contributed by atoms with Crippen LogP contribution in [0.2, 0.25) is 0 Å². The second kappa shape index (κ2) is 7.97. The van der Waals surface area contributed by atoms with Crippen molar-refractivity contribution in [3.8, 4) is 0 Å². The molecule has 2 aromatic rings. The van der Waals surface area contributed by atoms with Gasteiger partial charge >= 0.3 is 0 Å². The van der Waals surface area contributed by atoms with Crippen LogP contribution in [0.5, 0.6) is 0 Å². The van der Waals surface area contributed by atoms with Gasteiger partial charge in [-0.3, -0.25) is 9.59 Å². The molecule has 0 bridgehead atoms. The number of hydrogen-bond acceptors (Lipinski definition) is 2. The number of carbonyl (C=O) groups excluding carboxylic acids is 2. The Hall–Kier alpha value is -2.62. The van der Waals surface area contributed by atoms with Gasteiger partial charge in [0.1, 0.15) is 5.41 Å². The van der Waals surface area contributed by atoms with Gasteiger partial charge in [0.25, 0.3) is 0 Å². The normalized spacial score (nSPS) is 11.0. The maximum atomic E-state index is 13.0. The molecule has 2 amide bonds.